The lowest BCUT2D eigenvalue weighted by molar-refractivity contribution is -0.118. The Balaban J connectivity index is 1.41. The van der Waals surface area contributed by atoms with Gasteiger partial charge in [-0.3, -0.25) is 9.59 Å². The van der Waals surface area contributed by atoms with E-state index in [0.29, 0.717) is 38.3 Å². The Hall–Kier alpha value is -2.94. The van der Waals surface area contributed by atoms with E-state index >= 15 is 0 Å². The summed E-state index contributed by atoms with van der Waals surface area (Å²) in [5, 5.41) is 5.88. The molecule has 2 bridgehead atoms. The second-order valence-corrected chi connectivity index (χ2v) is 9.82. The molecule has 1 saturated heterocycles. The molecule has 2 aliphatic rings. The number of benzene rings is 1. The molecule has 3 heterocycles. The van der Waals surface area contributed by atoms with Gasteiger partial charge in [-0.25, -0.2) is 4.79 Å². The molecule has 0 radical (unpaired) electrons. The fraction of sp³-hybridized carbons (Fsp3) is 0.480. The highest BCUT2D eigenvalue weighted by atomic mass is 32.2. The number of rotatable bonds is 8. The average Bonchev–Trinajstić information content (AvgIpc) is 2.83. The second-order valence-electron chi connectivity index (χ2n) is 8.83. The number of fused-ring (bicyclic) bond motifs is 4. The number of piperidine rings is 1. The molecule has 3 atom stereocenters. The van der Waals surface area contributed by atoms with Gasteiger partial charge < -0.3 is 24.8 Å². The number of pyridine rings is 1. The van der Waals surface area contributed by atoms with E-state index in [1.807, 2.05) is 35.9 Å². The zero-order valence-corrected chi connectivity index (χ0v) is 20.5. The van der Waals surface area contributed by atoms with Crippen LogP contribution < -0.4 is 20.9 Å². The fourth-order valence-electron chi connectivity index (χ4n) is 4.84. The van der Waals surface area contributed by atoms with Crippen LogP contribution in [-0.2, 0) is 11.3 Å². The van der Waals surface area contributed by atoms with Gasteiger partial charge in [0.2, 0.25) is 5.91 Å². The van der Waals surface area contributed by atoms with Crippen molar-refractivity contribution in [3.8, 4) is 5.75 Å². The molecule has 2 aromatic rings. The molecule has 3 amide bonds. The number of likely N-dealkylation sites (tertiary alicyclic amines) is 1. The third-order valence-electron chi connectivity index (χ3n) is 6.42. The number of thioether (sulfide) groups is 1. The van der Waals surface area contributed by atoms with E-state index in [2.05, 4.69) is 10.6 Å². The Morgan fingerprint density at radius 2 is 1.94 bits per heavy atom. The zero-order valence-electron chi connectivity index (χ0n) is 19.7. The molecule has 0 spiro atoms. The molecular weight excluding hydrogens is 452 g/mol. The summed E-state index contributed by atoms with van der Waals surface area (Å²) in [5.41, 5.74) is 1.67. The first-order chi connectivity index (χ1) is 16.5. The predicted molar refractivity (Wildman–Crippen MR) is 135 cm³/mol. The number of carbonyl (C=O) groups is 2. The Morgan fingerprint density at radius 1 is 1.15 bits per heavy atom. The Bertz CT molecular complexity index is 1070. The number of urea groups is 1. The van der Waals surface area contributed by atoms with Crippen LogP contribution in [0, 0.1) is 5.92 Å². The highest BCUT2D eigenvalue weighted by Gasteiger charge is 2.37. The number of aromatic nitrogens is 1. The summed E-state index contributed by atoms with van der Waals surface area (Å²) in [6.07, 6.45) is 3.49. The van der Waals surface area contributed by atoms with E-state index < -0.39 is 6.04 Å². The second kappa shape index (κ2) is 11.0. The summed E-state index contributed by atoms with van der Waals surface area (Å²) in [5.74, 6) is 1.63. The molecule has 2 N–H and O–H groups in total. The Morgan fingerprint density at radius 3 is 2.68 bits per heavy atom. The molecule has 8 nitrogen and oxygen atoms in total. The van der Waals surface area contributed by atoms with E-state index in [1.54, 1.807) is 40.9 Å². The van der Waals surface area contributed by atoms with Gasteiger partial charge in [-0.2, -0.15) is 11.8 Å². The van der Waals surface area contributed by atoms with Crippen LogP contribution in [0.4, 0.5) is 10.5 Å². The van der Waals surface area contributed by atoms with Crippen molar-refractivity contribution in [1.82, 2.24) is 14.8 Å². The van der Waals surface area contributed by atoms with Gasteiger partial charge in [0.15, 0.2) is 0 Å². The van der Waals surface area contributed by atoms with Crippen molar-refractivity contribution in [2.75, 3.05) is 37.0 Å². The van der Waals surface area contributed by atoms with Crippen molar-refractivity contribution in [1.29, 1.82) is 0 Å². The van der Waals surface area contributed by atoms with E-state index in [1.165, 1.54) is 0 Å². The maximum absolute atomic E-state index is 13.2. The highest BCUT2D eigenvalue weighted by Crippen LogP contribution is 2.34. The summed E-state index contributed by atoms with van der Waals surface area (Å²) in [7, 11) is 0. The smallest absolute Gasteiger partial charge is 0.318 e. The summed E-state index contributed by atoms with van der Waals surface area (Å²) in [6, 6.07) is 11.7. The largest absolute Gasteiger partial charge is 0.494 e. The lowest BCUT2D eigenvalue weighted by Crippen LogP contribution is -2.55. The monoisotopic (exact) mass is 484 g/mol. The maximum atomic E-state index is 13.2. The van der Waals surface area contributed by atoms with Crippen molar-refractivity contribution < 1.29 is 14.3 Å². The summed E-state index contributed by atoms with van der Waals surface area (Å²) in [4.78, 5) is 40.3. The molecule has 1 aromatic carbocycles. The quantitative estimate of drug-likeness (QED) is 0.601. The Labute approximate surface area is 204 Å². The van der Waals surface area contributed by atoms with E-state index in [-0.39, 0.29) is 29.3 Å². The van der Waals surface area contributed by atoms with Crippen molar-refractivity contribution in [2.45, 2.75) is 38.3 Å². The normalized spacial score (nSPS) is 19.6. The number of hydrogen-bond acceptors (Lipinski definition) is 5. The third kappa shape index (κ3) is 5.58. The minimum atomic E-state index is -0.636. The molecule has 1 aromatic heterocycles. The van der Waals surface area contributed by atoms with Crippen LogP contribution in [0.3, 0.4) is 0 Å². The number of carbonyl (C=O) groups excluding carboxylic acids is 2. The topological polar surface area (TPSA) is 92.7 Å². The first-order valence-corrected chi connectivity index (χ1v) is 13.2. The number of anilines is 1. The number of ether oxygens (including phenoxy) is 1. The van der Waals surface area contributed by atoms with Gasteiger partial charge >= 0.3 is 6.03 Å². The van der Waals surface area contributed by atoms with Crippen molar-refractivity contribution in [3.63, 3.8) is 0 Å². The Kier molecular flexibility index (Phi) is 7.82. The first kappa shape index (κ1) is 24.2. The van der Waals surface area contributed by atoms with Crippen LogP contribution >= 0.6 is 11.8 Å². The van der Waals surface area contributed by atoms with Crippen molar-refractivity contribution >= 4 is 29.4 Å². The van der Waals surface area contributed by atoms with E-state index in [0.717, 1.165) is 23.6 Å². The minimum Gasteiger partial charge on any atom is -0.494 e. The molecule has 1 fully saturated rings. The molecular formula is C25H32N4O4S. The average molecular weight is 485 g/mol. The van der Waals surface area contributed by atoms with Crippen LogP contribution in [0.15, 0.2) is 47.3 Å². The summed E-state index contributed by atoms with van der Waals surface area (Å²) < 4.78 is 7.30. The van der Waals surface area contributed by atoms with Gasteiger partial charge in [-0.05, 0) is 68.0 Å². The van der Waals surface area contributed by atoms with Crippen molar-refractivity contribution in [3.05, 3.63) is 58.5 Å². The molecule has 4 rings (SSSR count). The first-order valence-electron chi connectivity index (χ1n) is 11.8. The highest BCUT2D eigenvalue weighted by molar-refractivity contribution is 7.98. The maximum Gasteiger partial charge on any atom is 0.318 e. The summed E-state index contributed by atoms with van der Waals surface area (Å²) in [6.45, 7) is 4.25. The van der Waals surface area contributed by atoms with E-state index in [4.69, 9.17) is 4.74 Å². The molecule has 0 unspecified atom stereocenters. The predicted octanol–water partition coefficient (Wildman–Crippen LogP) is 3.14. The zero-order chi connectivity index (χ0) is 24.1. The van der Waals surface area contributed by atoms with Gasteiger partial charge in [-0.15, -0.1) is 0 Å². The van der Waals surface area contributed by atoms with Gasteiger partial charge in [0.1, 0.15) is 11.8 Å². The standard InChI is InChI=1S/C25H32N4O4S/c1-3-33-20-9-7-19(8-10-20)26-24(31)21(11-12-34-2)27-25(32)28-14-17-13-18(16-28)22-5-4-6-23(30)29(22)15-17/h4-10,17-18,21H,3,11-16H2,1-2H3,(H,26,31)(H,27,32)/t17-,18+,21+/m1/s1. The van der Waals surface area contributed by atoms with Crippen LogP contribution in [0.5, 0.6) is 5.75 Å². The molecule has 182 valence electrons. The van der Waals surface area contributed by atoms with Crippen LogP contribution in [-0.4, -0.2) is 59.2 Å². The summed E-state index contributed by atoms with van der Waals surface area (Å²) >= 11 is 1.64. The minimum absolute atomic E-state index is 0.0215. The molecule has 9 heteroatoms. The number of nitrogens with zero attached hydrogens (tertiary/aromatic N) is 2. The number of nitrogens with one attached hydrogen (secondary N) is 2. The number of amides is 3. The lowest BCUT2D eigenvalue weighted by atomic mass is 9.83. The van der Waals surface area contributed by atoms with Crippen LogP contribution in [0.25, 0.3) is 0 Å². The van der Waals surface area contributed by atoms with Gasteiger partial charge in [-0.1, -0.05) is 6.07 Å². The number of hydrogen-bond donors (Lipinski definition) is 2. The molecule has 34 heavy (non-hydrogen) atoms. The molecule has 0 aliphatic carbocycles. The van der Waals surface area contributed by atoms with Crippen LogP contribution in [0.1, 0.15) is 31.4 Å². The van der Waals surface area contributed by atoms with Gasteiger partial charge in [0, 0.05) is 43.0 Å². The fourth-order valence-corrected chi connectivity index (χ4v) is 5.31. The SMILES string of the molecule is CCOc1ccc(NC(=O)[C@H](CCSC)NC(=O)N2C[C@H]3C[C@@H](C2)c2cccc(=O)n2C3)cc1. The lowest BCUT2D eigenvalue weighted by Gasteiger charge is -2.43. The van der Waals surface area contributed by atoms with Gasteiger partial charge in [0.05, 0.1) is 6.61 Å². The molecule has 2 aliphatic heterocycles. The van der Waals surface area contributed by atoms with Crippen molar-refractivity contribution in [2.24, 2.45) is 5.92 Å². The molecule has 0 saturated carbocycles. The van der Waals surface area contributed by atoms with Crippen LogP contribution in [0.2, 0.25) is 0 Å². The van der Waals surface area contributed by atoms with Gasteiger partial charge in [0.25, 0.3) is 5.56 Å². The third-order valence-corrected chi connectivity index (χ3v) is 7.07. The van der Waals surface area contributed by atoms with E-state index in [9.17, 15) is 14.4 Å².